The van der Waals surface area contributed by atoms with E-state index in [1.807, 2.05) is 12.1 Å². The van der Waals surface area contributed by atoms with Gasteiger partial charge in [0, 0.05) is 6.54 Å². The predicted octanol–water partition coefficient (Wildman–Crippen LogP) is 2.03. The lowest BCUT2D eigenvalue weighted by atomic mass is 9.87. The zero-order valence-corrected chi connectivity index (χ0v) is 12.8. The van der Waals surface area contributed by atoms with Crippen molar-refractivity contribution in [3.8, 4) is 0 Å². The van der Waals surface area contributed by atoms with Crippen molar-refractivity contribution in [1.29, 1.82) is 0 Å². The molecule has 1 atom stereocenters. The van der Waals surface area contributed by atoms with Crippen LogP contribution in [0.3, 0.4) is 0 Å². The van der Waals surface area contributed by atoms with Gasteiger partial charge in [-0.2, -0.15) is 0 Å². The van der Waals surface area contributed by atoms with Gasteiger partial charge >= 0.3 is 0 Å². The molecule has 5 heteroatoms. The van der Waals surface area contributed by atoms with Crippen LogP contribution in [0.15, 0.2) is 29.2 Å². The standard InChI is InChI=1S/C14H23NO3S/c1-11(16)9-10-15-19(17,18)13-7-5-12(6-8-13)14(2,3)4/h5-8,11,15-16H,9-10H2,1-4H3. The number of nitrogens with one attached hydrogen (secondary N) is 1. The van der Waals surface area contributed by atoms with Gasteiger partial charge in [-0.25, -0.2) is 13.1 Å². The minimum atomic E-state index is -3.48. The number of hydrogen-bond acceptors (Lipinski definition) is 3. The van der Waals surface area contributed by atoms with Crippen molar-refractivity contribution in [3.63, 3.8) is 0 Å². The maximum absolute atomic E-state index is 12.0. The number of rotatable bonds is 5. The van der Waals surface area contributed by atoms with E-state index in [0.29, 0.717) is 6.42 Å². The summed E-state index contributed by atoms with van der Waals surface area (Å²) in [5.41, 5.74) is 1.10. The molecule has 0 heterocycles. The quantitative estimate of drug-likeness (QED) is 0.870. The summed E-state index contributed by atoms with van der Waals surface area (Å²) in [6.45, 7) is 8.11. The Morgan fingerprint density at radius 2 is 1.74 bits per heavy atom. The van der Waals surface area contributed by atoms with Gasteiger partial charge in [0.25, 0.3) is 0 Å². The Bertz CT molecular complexity index is 498. The smallest absolute Gasteiger partial charge is 0.240 e. The van der Waals surface area contributed by atoms with Gasteiger partial charge < -0.3 is 5.11 Å². The first-order chi connectivity index (χ1) is 8.63. The second-order valence-corrected chi connectivity index (χ2v) is 7.58. The van der Waals surface area contributed by atoms with Gasteiger partial charge in [-0.3, -0.25) is 0 Å². The molecule has 0 radical (unpaired) electrons. The molecule has 0 aliphatic heterocycles. The zero-order chi connectivity index (χ0) is 14.7. The van der Waals surface area contributed by atoms with Crippen molar-refractivity contribution in [3.05, 3.63) is 29.8 Å². The molecule has 19 heavy (non-hydrogen) atoms. The summed E-state index contributed by atoms with van der Waals surface area (Å²) < 4.78 is 26.4. The van der Waals surface area contributed by atoms with Crippen LogP contribution in [0.2, 0.25) is 0 Å². The maximum atomic E-state index is 12.0. The normalized spacial score (nSPS) is 14.4. The molecule has 0 saturated heterocycles. The average molecular weight is 285 g/mol. The molecule has 0 aliphatic rings. The summed E-state index contributed by atoms with van der Waals surface area (Å²) in [5.74, 6) is 0. The van der Waals surface area contributed by atoms with Gasteiger partial charge in [0.2, 0.25) is 10.0 Å². The van der Waals surface area contributed by atoms with Crippen molar-refractivity contribution in [2.24, 2.45) is 0 Å². The molecule has 1 rings (SSSR count). The van der Waals surface area contributed by atoms with Gasteiger partial charge in [-0.05, 0) is 36.5 Å². The molecular weight excluding hydrogens is 262 g/mol. The van der Waals surface area contributed by atoms with E-state index in [1.165, 1.54) is 0 Å². The number of aliphatic hydroxyl groups excluding tert-OH is 1. The Morgan fingerprint density at radius 3 is 2.16 bits per heavy atom. The van der Waals surface area contributed by atoms with E-state index in [1.54, 1.807) is 19.1 Å². The topological polar surface area (TPSA) is 66.4 Å². The van der Waals surface area contributed by atoms with Gasteiger partial charge in [-0.1, -0.05) is 32.9 Å². The molecule has 0 amide bonds. The maximum Gasteiger partial charge on any atom is 0.240 e. The summed E-state index contributed by atoms with van der Waals surface area (Å²) >= 11 is 0. The lowest BCUT2D eigenvalue weighted by molar-refractivity contribution is 0.186. The predicted molar refractivity (Wildman–Crippen MR) is 76.6 cm³/mol. The molecule has 0 aliphatic carbocycles. The molecular formula is C14H23NO3S. The minimum Gasteiger partial charge on any atom is -0.393 e. The van der Waals surface area contributed by atoms with E-state index in [0.717, 1.165) is 5.56 Å². The van der Waals surface area contributed by atoms with Crippen LogP contribution >= 0.6 is 0 Å². The molecule has 1 aromatic carbocycles. The Kier molecular flexibility index (Phi) is 5.12. The average Bonchev–Trinajstić information content (AvgIpc) is 2.27. The van der Waals surface area contributed by atoms with Gasteiger partial charge in [0.1, 0.15) is 0 Å². The molecule has 0 bridgehead atoms. The van der Waals surface area contributed by atoms with Crippen molar-refractivity contribution in [2.75, 3.05) is 6.54 Å². The molecule has 4 nitrogen and oxygen atoms in total. The molecule has 0 saturated carbocycles. The Balaban J connectivity index is 2.80. The van der Waals surface area contributed by atoms with E-state index >= 15 is 0 Å². The van der Waals surface area contributed by atoms with E-state index in [4.69, 9.17) is 5.11 Å². The monoisotopic (exact) mass is 285 g/mol. The number of hydrogen-bond donors (Lipinski definition) is 2. The third-order valence-corrected chi connectivity index (χ3v) is 4.36. The number of sulfonamides is 1. The SMILES string of the molecule is CC(O)CCNS(=O)(=O)c1ccc(C(C)(C)C)cc1. The van der Waals surface area contributed by atoms with Crippen molar-refractivity contribution in [1.82, 2.24) is 4.72 Å². The van der Waals surface area contributed by atoms with Gasteiger partial charge in [-0.15, -0.1) is 0 Å². The zero-order valence-electron chi connectivity index (χ0n) is 12.0. The fourth-order valence-electron chi connectivity index (χ4n) is 1.62. The summed E-state index contributed by atoms with van der Waals surface area (Å²) in [7, 11) is -3.48. The van der Waals surface area contributed by atoms with Crippen molar-refractivity contribution < 1.29 is 13.5 Å². The van der Waals surface area contributed by atoms with Gasteiger partial charge in [0.05, 0.1) is 11.0 Å². The second kappa shape index (κ2) is 6.03. The summed E-state index contributed by atoms with van der Waals surface area (Å²) in [6, 6.07) is 6.91. The van der Waals surface area contributed by atoms with Crippen LogP contribution in [0.25, 0.3) is 0 Å². The first-order valence-corrected chi connectivity index (χ1v) is 7.89. The second-order valence-electron chi connectivity index (χ2n) is 5.81. The highest BCUT2D eigenvalue weighted by molar-refractivity contribution is 7.89. The van der Waals surface area contributed by atoms with Crippen LogP contribution < -0.4 is 4.72 Å². The first-order valence-electron chi connectivity index (χ1n) is 6.41. The highest BCUT2D eigenvalue weighted by atomic mass is 32.2. The van der Waals surface area contributed by atoms with Crippen molar-refractivity contribution >= 4 is 10.0 Å². The lowest BCUT2D eigenvalue weighted by Gasteiger charge is -2.19. The van der Waals surface area contributed by atoms with Crippen LogP contribution in [-0.2, 0) is 15.4 Å². The molecule has 1 aromatic rings. The van der Waals surface area contributed by atoms with Crippen LogP contribution in [0.5, 0.6) is 0 Å². The summed E-state index contributed by atoms with van der Waals surface area (Å²) in [4.78, 5) is 0.256. The van der Waals surface area contributed by atoms with E-state index < -0.39 is 16.1 Å². The number of benzene rings is 1. The highest BCUT2D eigenvalue weighted by Crippen LogP contribution is 2.23. The molecule has 2 N–H and O–H groups in total. The van der Waals surface area contributed by atoms with E-state index in [9.17, 15) is 8.42 Å². The lowest BCUT2D eigenvalue weighted by Crippen LogP contribution is -2.26. The Morgan fingerprint density at radius 1 is 1.21 bits per heavy atom. The molecule has 108 valence electrons. The van der Waals surface area contributed by atoms with Crippen LogP contribution in [0.1, 0.15) is 39.7 Å². The van der Waals surface area contributed by atoms with Crippen LogP contribution in [0, 0.1) is 0 Å². The molecule has 0 aromatic heterocycles. The largest absolute Gasteiger partial charge is 0.393 e. The van der Waals surface area contributed by atoms with Crippen molar-refractivity contribution in [2.45, 2.75) is 50.5 Å². The van der Waals surface area contributed by atoms with Gasteiger partial charge in [0.15, 0.2) is 0 Å². The number of aliphatic hydroxyl groups is 1. The first kappa shape index (κ1) is 16.1. The Hall–Kier alpha value is -0.910. The third kappa shape index (κ3) is 4.93. The summed E-state index contributed by atoms with van der Waals surface area (Å²) in [5, 5.41) is 9.11. The molecule has 0 fully saturated rings. The highest BCUT2D eigenvalue weighted by Gasteiger charge is 2.17. The van der Waals surface area contributed by atoms with E-state index in [2.05, 4.69) is 25.5 Å². The van der Waals surface area contributed by atoms with Crippen LogP contribution in [0.4, 0.5) is 0 Å². The van der Waals surface area contributed by atoms with Crippen LogP contribution in [-0.4, -0.2) is 26.2 Å². The minimum absolute atomic E-state index is 0.00202. The fraction of sp³-hybridized carbons (Fsp3) is 0.571. The van der Waals surface area contributed by atoms with E-state index in [-0.39, 0.29) is 16.9 Å². The molecule has 1 unspecified atom stereocenters. The summed E-state index contributed by atoms with van der Waals surface area (Å²) in [6.07, 6.45) is -0.106. The third-order valence-electron chi connectivity index (χ3n) is 2.88. The fourth-order valence-corrected chi connectivity index (χ4v) is 2.67. The molecule has 0 spiro atoms. The Labute approximate surface area is 115 Å².